The van der Waals surface area contributed by atoms with Crippen molar-refractivity contribution in [1.82, 2.24) is 10.0 Å². The first-order valence-electron chi connectivity index (χ1n) is 6.54. The van der Waals surface area contributed by atoms with Gasteiger partial charge in [-0.1, -0.05) is 13.0 Å². The Morgan fingerprint density at radius 3 is 2.74 bits per heavy atom. The molecule has 2 rings (SSSR count). The van der Waals surface area contributed by atoms with Gasteiger partial charge in [0.05, 0.1) is 4.90 Å². The average molecular weight is 286 g/mol. The summed E-state index contributed by atoms with van der Waals surface area (Å²) in [5.74, 6) is -0.532. The molecule has 0 bridgehead atoms. The molecule has 1 aromatic carbocycles. The lowest BCUT2D eigenvalue weighted by atomic mass is 10.2. The van der Waals surface area contributed by atoms with Crippen LogP contribution in [0.1, 0.15) is 31.7 Å². The Morgan fingerprint density at radius 1 is 1.37 bits per heavy atom. The van der Waals surface area contributed by atoms with Crippen LogP contribution in [0, 0.1) is 5.82 Å². The molecule has 1 aliphatic carbocycles. The highest BCUT2D eigenvalue weighted by Crippen LogP contribution is 2.24. The Bertz CT molecular complexity index is 542. The summed E-state index contributed by atoms with van der Waals surface area (Å²) in [5.41, 5.74) is 0.600. The monoisotopic (exact) mass is 286 g/mol. The third-order valence-electron chi connectivity index (χ3n) is 2.96. The first-order valence-corrected chi connectivity index (χ1v) is 8.02. The van der Waals surface area contributed by atoms with Crippen molar-refractivity contribution in [1.29, 1.82) is 0 Å². The lowest BCUT2D eigenvalue weighted by Gasteiger charge is -2.12. The Hall–Kier alpha value is -0.980. The molecule has 0 heterocycles. The molecule has 1 aromatic rings. The average Bonchev–Trinajstić information content (AvgIpc) is 3.14. The lowest BCUT2D eigenvalue weighted by molar-refractivity contribution is 0.572. The summed E-state index contributed by atoms with van der Waals surface area (Å²) in [4.78, 5) is 0.0444. The van der Waals surface area contributed by atoms with Crippen molar-refractivity contribution in [3.63, 3.8) is 0 Å². The second-order valence-electron chi connectivity index (χ2n) is 4.82. The second-order valence-corrected chi connectivity index (χ2v) is 6.51. The van der Waals surface area contributed by atoms with Gasteiger partial charge in [-0.25, -0.2) is 17.5 Å². The molecular formula is C13H19FN2O2S. The van der Waals surface area contributed by atoms with Crippen LogP contribution in [0.2, 0.25) is 0 Å². The maximum absolute atomic E-state index is 13.3. The maximum atomic E-state index is 13.3. The summed E-state index contributed by atoms with van der Waals surface area (Å²) in [6, 6.07) is 3.93. The van der Waals surface area contributed by atoms with Gasteiger partial charge in [-0.05, 0) is 43.5 Å². The summed E-state index contributed by atoms with van der Waals surface area (Å²) in [6.45, 7) is 3.26. The van der Waals surface area contributed by atoms with Gasteiger partial charge in [0.15, 0.2) is 0 Å². The van der Waals surface area contributed by atoms with Gasteiger partial charge in [0.25, 0.3) is 0 Å². The van der Waals surface area contributed by atoms with Gasteiger partial charge in [0.1, 0.15) is 5.82 Å². The number of hydrogen-bond acceptors (Lipinski definition) is 3. The molecule has 1 aliphatic rings. The molecule has 0 unspecified atom stereocenters. The molecule has 19 heavy (non-hydrogen) atoms. The van der Waals surface area contributed by atoms with Gasteiger partial charge in [-0.15, -0.1) is 0 Å². The zero-order chi connectivity index (χ0) is 13.9. The Labute approximate surface area is 113 Å². The standard InChI is InChI=1S/C13H19FN2O2S/c1-2-7-15-9-10-3-4-11(14)8-13(10)19(17,18)16-12-5-6-12/h3-4,8,12,15-16H,2,5-7,9H2,1H3. The van der Waals surface area contributed by atoms with Crippen LogP contribution in [0.25, 0.3) is 0 Å². The van der Waals surface area contributed by atoms with Gasteiger partial charge in [0.2, 0.25) is 10.0 Å². The molecule has 1 saturated carbocycles. The van der Waals surface area contributed by atoms with Crippen molar-refractivity contribution < 1.29 is 12.8 Å². The topological polar surface area (TPSA) is 58.2 Å². The second kappa shape index (κ2) is 5.98. The molecule has 1 fully saturated rings. The smallest absolute Gasteiger partial charge is 0.241 e. The highest BCUT2D eigenvalue weighted by Gasteiger charge is 2.29. The van der Waals surface area contributed by atoms with Crippen molar-refractivity contribution in [3.8, 4) is 0 Å². The van der Waals surface area contributed by atoms with E-state index in [9.17, 15) is 12.8 Å². The largest absolute Gasteiger partial charge is 0.313 e. The normalized spacial score (nSPS) is 15.7. The summed E-state index contributed by atoms with van der Waals surface area (Å²) >= 11 is 0. The predicted octanol–water partition coefficient (Wildman–Crippen LogP) is 1.77. The fraction of sp³-hybridized carbons (Fsp3) is 0.538. The van der Waals surface area contributed by atoms with Gasteiger partial charge in [0, 0.05) is 12.6 Å². The molecule has 106 valence electrons. The summed E-state index contributed by atoms with van der Waals surface area (Å²) in [6.07, 6.45) is 2.68. The van der Waals surface area contributed by atoms with Crippen LogP contribution in [0.15, 0.2) is 23.1 Å². The van der Waals surface area contributed by atoms with E-state index in [0.29, 0.717) is 12.1 Å². The molecule has 4 nitrogen and oxygen atoms in total. The predicted molar refractivity (Wildman–Crippen MR) is 71.7 cm³/mol. The van der Waals surface area contributed by atoms with E-state index in [2.05, 4.69) is 10.0 Å². The molecule has 0 saturated heterocycles. The van der Waals surface area contributed by atoms with Crippen LogP contribution >= 0.6 is 0 Å². The SMILES string of the molecule is CCCNCc1ccc(F)cc1S(=O)(=O)NC1CC1. The highest BCUT2D eigenvalue weighted by atomic mass is 32.2. The van der Waals surface area contributed by atoms with Crippen LogP contribution < -0.4 is 10.0 Å². The number of sulfonamides is 1. The molecule has 2 N–H and O–H groups in total. The van der Waals surface area contributed by atoms with Gasteiger partial charge in [-0.3, -0.25) is 0 Å². The van der Waals surface area contributed by atoms with E-state index in [0.717, 1.165) is 31.9 Å². The molecule has 6 heteroatoms. The fourth-order valence-electron chi connectivity index (χ4n) is 1.81. The molecule has 0 amide bonds. The van der Waals surface area contributed by atoms with Crippen molar-refractivity contribution in [3.05, 3.63) is 29.6 Å². The van der Waals surface area contributed by atoms with Crippen LogP contribution in [-0.2, 0) is 16.6 Å². The molecule has 0 radical (unpaired) electrons. The van der Waals surface area contributed by atoms with Gasteiger partial charge < -0.3 is 5.32 Å². The zero-order valence-corrected chi connectivity index (χ0v) is 11.8. The number of hydrogen-bond donors (Lipinski definition) is 2. The third kappa shape index (κ3) is 3.99. The van der Waals surface area contributed by atoms with Crippen LogP contribution in [0.4, 0.5) is 4.39 Å². The number of halogens is 1. The zero-order valence-electron chi connectivity index (χ0n) is 10.9. The van der Waals surface area contributed by atoms with Gasteiger partial charge >= 0.3 is 0 Å². The number of nitrogens with one attached hydrogen (secondary N) is 2. The van der Waals surface area contributed by atoms with Crippen molar-refractivity contribution in [2.45, 2.75) is 43.7 Å². The lowest BCUT2D eigenvalue weighted by Crippen LogP contribution is -2.27. The van der Waals surface area contributed by atoms with Crippen molar-refractivity contribution in [2.75, 3.05) is 6.54 Å². The van der Waals surface area contributed by atoms with E-state index >= 15 is 0 Å². The van der Waals surface area contributed by atoms with Crippen molar-refractivity contribution >= 4 is 10.0 Å². The number of rotatable bonds is 7. The minimum Gasteiger partial charge on any atom is -0.313 e. The van der Waals surface area contributed by atoms with E-state index in [1.807, 2.05) is 6.92 Å². The summed E-state index contributed by atoms with van der Waals surface area (Å²) in [5, 5.41) is 3.14. The molecular weight excluding hydrogens is 267 g/mol. The maximum Gasteiger partial charge on any atom is 0.241 e. The first-order chi connectivity index (χ1) is 9.03. The van der Waals surface area contributed by atoms with Crippen LogP contribution in [-0.4, -0.2) is 21.0 Å². The molecule has 0 aromatic heterocycles. The quantitative estimate of drug-likeness (QED) is 0.751. The van der Waals surface area contributed by atoms with E-state index in [-0.39, 0.29) is 10.9 Å². The Kier molecular flexibility index (Phi) is 4.54. The van der Waals surface area contributed by atoms with Crippen molar-refractivity contribution in [2.24, 2.45) is 0 Å². The third-order valence-corrected chi connectivity index (χ3v) is 4.56. The van der Waals surface area contributed by atoms with E-state index in [4.69, 9.17) is 0 Å². The number of benzene rings is 1. The van der Waals surface area contributed by atoms with E-state index in [1.54, 1.807) is 0 Å². The Balaban J connectivity index is 2.22. The fourth-order valence-corrected chi connectivity index (χ4v) is 3.36. The summed E-state index contributed by atoms with van der Waals surface area (Å²) < 4.78 is 40.3. The molecule has 0 spiro atoms. The highest BCUT2D eigenvalue weighted by molar-refractivity contribution is 7.89. The first kappa shape index (κ1) is 14.4. The minimum atomic E-state index is -3.62. The van der Waals surface area contributed by atoms with E-state index in [1.165, 1.54) is 12.1 Å². The van der Waals surface area contributed by atoms with Crippen LogP contribution in [0.3, 0.4) is 0 Å². The molecule has 0 aliphatic heterocycles. The van der Waals surface area contributed by atoms with E-state index < -0.39 is 15.8 Å². The summed E-state index contributed by atoms with van der Waals surface area (Å²) in [7, 11) is -3.62. The minimum absolute atomic E-state index is 0.0183. The molecule has 0 atom stereocenters. The van der Waals surface area contributed by atoms with Gasteiger partial charge in [-0.2, -0.15) is 0 Å². The van der Waals surface area contributed by atoms with Crippen LogP contribution in [0.5, 0.6) is 0 Å². The Morgan fingerprint density at radius 2 is 2.11 bits per heavy atom.